The van der Waals surface area contributed by atoms with Crippen molar-refractivity contribution in [3.8, 4) is 5.75 Å². The molecule has 0 radical (unpaired) electrons. The van der Waals surface area contributed by atoms with Gasteiger partial charge in [0.15, 0.2) is 12.3 Å². The fourth-order valence-corrected chi connectivity index (χ4v) is 3.65. The standard InChI is InChI=1S/C24H24N4O5/c1-18-24(28(30)31)22(33-25-18)12-9-19-7-10-21(11-8-19)32-17-23(29)27-15-13-26(14-16-27)20-5-3-2-4-6-20/h2-12H,13-17H2,1H3/b12-9+. The third-order valence-corrected chi connectivity index (χ3v) is 5.46. The van der Waals surface area contributed by atoms with Crippen molar-refractivity contribution >= 4 is 29.4 Å². The second kappa shape index (κ2) is 9.99. The second-order valence-electron chi connectivity index (χ2n) is 7.63. The van der Waals surface area contributed by atoms with Crippen molar-refractivity contribution in [3.63, 3.8) is 0 Å². The summed E-state index contributed by atoms with van der Waals surface area (Å²) in [7, 11) is 0. The predicted octanol–water partition coefficient (Wildman–Crippen LogP) is 3.79. The summed E-state index contributed by atoms with van der Waals surface area (Å²) in [6.07, 6.45) is 3.20. The van der Waals surface area contributed by atoms with Crippen LogP contribution in [0.2, 0.25) is 0 Å². The minimum Gasteiger partial charge on any atom is -0.484 e. The normalized spacial score (nSPS) is 14.0. The SMILES string of the molecule is Cc1noc(/C=C/c2ccc(OCC(=O)N3CCN(c4ccccc4)CC3)cc2)c1[N+](=O)[O-]. The Balaban J connectivity index is 1.27. The van der Waals surface area contributed by atoms with Gasteiger partial charge in [-0.25, -0.2) is 0 Å². The van der Waals surface area contributed by atoms with E-state index in [1.165, 1.54) is 18.7 Å². The Bertz CT molecular complexity index is 1130. The molecule has 0 saturated carbocycles. The number of hydrogen-bond acceptors (Lipinski definition) is 7. The molecule has 0 bridgehead atoms. The summed E-state index contributed by atoms with van der Waals surface area (Å²) < 4.78 is 10.7. The fourth-order valence-electron chi connectivity index (χ4n) is 3.65. The zero-order chi connectivity index (χ0) is 23.2. The lowest BCUT2D eigenvalue weighted by atomic mass is 10.2. The fraction of sp³-hybridized carbons (Fsp3) is 0.250. The van der Waals surface area contributed by atoms with Gasteiger partial charge in [0.1, 0.15) is 5.75 Å². The van der Waals surface area contributed by atoms with E-state index in [0.717, 1.165) is 18.7 Å². The molecule has 4 rings (SSSR count). The number of anilines is 1. The molecule has 170 valence electrons. The van der Waals surface area contributed by atoms with Gasteiger partial charge >= 0.3 is 5.69 Å². The molecular formula is C24H24N4O5. The number of para-hydroxylation sites is 1. The smallest absolute Gasteiger partial charge is 0.338 e. The maximum atomic E-state index is 12.5. The van der Waals surface area contributed by atoms with Crippen molar-refractivity contribution < 1.29 is 19.0 Å². The molecule has 9 nitrogen and oxygen atoms in total. The van der Waals surface area contributed by atoms with E-state index in [2.05, 4.69) is 22.2 Å². The minimum absolute atomic E-state index is 0.0238. The first-order valence-corrected chi connectivity index (χ1v) is 10.6. The summed E-state index contributed by atoms with van der Waals surface area (Å²) in [6.45, 7) is 4.40. The highest BCUT2D eigenvalue weighted by molar-refractivity contribution is 5.78. The summed E-state index contributed by atoms with van der Waals surface area (Å²) in [5.41, 5.74) is 2.06. The number of hydrogen-bond donors (Lipinski definition) is 0. The van der Waals surface area contributed by atoms with Crippen LogP contribution in [0.3, 0.4) is 0 Å². The number of rotatable bonds is 7. The Kier molecular flexibility index (Phi) is 6.68. The van der Waals surface area contributed by atoms with Gasteiger partial charge in [0.2, 0.25) is 5.76 Å². The topological polar surface area (TPSA) is 102 Å². The molecule has 2 heterocycles. The van der Waals surface area contributed by atoms with Crippen LogP contribution < -0.4 is 9.64 Å². The Morgan fingerprint density at radius 1 is 1.09 bits per heavy atom. The molecule has 0 unspecified atom stereocenters. The van der Waals surface area contributed by atoms with E-state index in [4.69, 9.17) is 9.26 Å². The van der Waals surface area contributed by atoms with Gasteiger partial charge in [0, 0.05) is 31.9 Å². The third kappa shape index (κ3) is 5.38. The van der Waals surface area contributed by atoms with Crippen LogP contribution in [0.1, 0.15) is 17.0 Å². The van der Waals surface area contributed by atoms with E-state index in [0.29, 0.717) is 18.8 Å². The third-order valence-electron chi connectivity index (χ3n) is 5.46. The molecule has 0 spiro atoms. The summed E-state index contributed by atoms with van der Waals surface area (Å²) in [5.74, 6) is 0.625. The second-order valence-corrected chi connectivity index (χ2v) is 7.63. The van der Waals surface area contributed by atoms with Crippen LogP contribution in [0, 0.1) is 17.0 Å². The van der Waals surface area contributed by atoms with Crippen molar-refractivity contribution in [1.29, 1.82) is 0 Å². The largest absolute Gasteiger partial charge is 0.484 e. The maximum Gasteiger partial charge on any atom is 0.338 e. The zero-order valence-corrected chi connectivity index (χ0v) is 18.2. The lowest BCUT2D eigenvalue weighted by molar-refractivity contribution is -0.386. The Morgan fingerprint density at radius 3 is 2.45 bits per heavy atom. The number of nitro groups is 1. The van der Waals surface area contributed by atoms with Crippen molar-refractivity contribution in [2.75, 3.05) is 37.7 Å². The lowest BCUT2D eigenvalue weighted by Crippen LogP contribution is -2.50. The molecule has 1 saturated heterocycles. The highest BCUT2D eigenvalue weighted by atomic mass is 16.6. The molecule has 1 fully saturated rings. The highest BCUT2D eigenvalue weighted by Gasteiger charge is 2.22. The number of ether oxygens (including phenoxy) is 1. The van der Waals surface area contributed by atoms with Gasteiger partial charge in [-0.05, 0) is 42.8 Å². The first-order chi connectivity index (χ1) is 16.0. The van der Waals surface area contributed by atoms with Gasteiger partial charge in [0.25, 0.3) is 5.91 Å². The van der Waals surface area contributed by atoms with Crippen molar-refractivity contribution in [2.24, 2.45) is 0 Å². The van der Waals surface area contributed by atoms with Crippen LogP contribution in [0.25, 0.3) is 12.2 Å². The molecule has 1 amide bonds. The van der Waals surface area contributed by atoms with Crippen molar-refractivity contribution in [3.05, 3.63) is 81.7 Å². The molecule has 1 aliphatic heterocycles. The molecule has 0 atom stereocenters. The molecule has 1 aromatic heterocycles. The first kappa shape index (κ1) is 22.1. The van der Waals surface area contributed by atoms with E-state index in [9.17, 15) is 14.9 Å². The van der Waals surface area contributed by atoms with Crippen LogP contribution in [-0.2, 0) is 4.79 Å². The Morgan fingerprint density at radius 2 is 1.79 bits per heavy atom. The van der Waals surface area contributed by atoms with E-state index in [1.807, 2.05) is 23.1 Å². The zero-order valence-electron chi connectivity index (χ0n) is 18.2. The molecular weight excluding hydrogens is 424 g/mol. The van der Waals surface area contributed by atoms with Gasteiger partial charge in [-0.15, -0.1) is 0 Å². The minimum atomic E-state index is -0.513. The summed E-state index contributed by atoms with van der Waals surface area (Å²) >= 11 is 0. The van der Waals surface area contributed by atoms with E-state index >= 15 is 0 Å². The maximum absolute atomic E-state index is 12.5. The number of carbonyl (C=O) groups is 1. The number of amides is 1. The number of carbonyl (C=O) groups excluding carboxylic acids is 1. The van der Waals surface area contributed by atoms with Crippen molar-refractivity contribution in [2.45, 2.75) is 6.92 Å². The van der Waals surface area contributed by atoms with Crippen LogP contribution in [0.4, 0.5) is 11.4 Å². The van der Waals surface area contributed by atoms with E-state index in [1.54, 1.807) is 30.3 Å². The average Bonchev–Trinajstić information content (AvgIpc) is 3.23. The molecule has 0 aliphatic carbocycles. The highest BCUT2D eigenvalue weighted by Crippen LogP contribution is 2.25. The van der Waals surface area contributed by atoms with Crippen LogP contribution in [0.15, 0.2) is 59.1 Å². The van der Waals surface area contributed by atoms with Gasteiger partial charge < -0.3 is 19.1 Å². The monoisotopic (exact) mass is 448 g/mol. The van der Waals surface area contributed by atoms with E-state index in [-0.39, 0.29) is 29.7 Å². The first-order valence-electron chi connectivity index (χ1n) is 10.6. The summed E-state index contributed by atoms with van der Waals surface area (Å²) in [6, 6.07) is 17.3. The molecule has 3 aromatic rings. The number of aryl methyl sites for hydroxylation is 1. The van der Waals surface area contributed by atoms with Gasteiger partial charge in [-0.2, -0.15) is 0 Å². The molecule has 2 aromatic carbocycles. The van der Waals surface area contributed by atoms with Crippen LogP contribution in [0.5, 0.6) is 5.75 Å². The number of nitrogens with zero attached hydrogens (tertiary/aromatic N) is 4. The van der Waals surface area contributed by atoms with Crippen molar-refractivity contribution in [1.82, 2.24) is 10.1 Å². The van der Waals surface area contributed by atoms with Gasteiger partial charge in [-0.3, -0.25) is 14.9 Å². The Hall–Kier alpha value is -4.14. The number of piperazine rings is 1. The van der Waals surface area contributed by atoms with Gasteiger partial charge in [-0.1, -0.05) is 41.6 Å². The average molecular weight is 448 g/mol. The van der Waals surface area contributed by atoms with Crippen LogP contribution >= 0.6 is 0 Å². The predicted molar refractivity (Wildman–Crippen MR) is 124 cm³/mol. The number of benzene rings is 2. The molecule has 9 heteroatoms. The summed E-state index contributed by atoms with van der Waals surface area (Å²) in [4.78, 5) is 27.2. The molecule has 33 heavy (non-hydrogen) atoms. The Labute approximate surface area is 191 Å². The molecule has 1 aliphatic rings. The van der Waals surface area contributed by atoms with E-state index < -0.39 is 4.92 Å². The lowest BCUT2D eigenvalue weighted by Gasteiger charge is -2.36. The summed E-state index contributed by atoms with van der Waals surface area (Å²) in [5, 5.41) is 14.7. The molecule has 0 N–H and O–H groups in total. The number of aromatic nitrogens is 1. The quantitative estimate of drug-likeness (QED) is 0.400. The van der Waals surface area contributed by atoms with Gasteiger partial charge in [0.05, 0.1) is 4.92 Å². The van der Waals surface area contributed by atoms with Crippen LogP contribution in [-0.4, -0.2) is 53.7 Å².